The van der Waals surface area contributed by atoms with Crippen molar-refractivity contribution in [2.24, 2.45) is 5.92 Å². The monoisotopic (exact) mass is 442 g/mol. The van der Waals surface area contributed by atoms with Gasteiger partial charge in [0.05, 0.1) is 24.9 Å². The summed E-state index contributed by atoms with van der Waals surface area (Å²) in [6.07, 6.45) is 2.49. The Morgan fingerprint density at radius 3 is 2.77 bits per heavy atom. The third kappa shape index (κ3) is 3.69. The Labute approximate surface area is 186 Å². The van der Waals surface area contributed by atoms with Crippen molar-refractivity contribution in [3.8, 4) is 0 Å². The van der Waals surface area contributed by atoms with E-state index in [1.54, 1.807) is 0 Å². The molecule has 0 radical (unpaired) electrons. The Balaban J connectivity index is 1.40. The highest BCUT2D eigenvalue weighted by Crippen LogP contribution is 2.44. The first kappa shape index (κ1) is 21.0. The number of rotatable bonds is 5. The number of anilines is 2. The van der Waals surface area contributed by atoms with Crippen molar-refractivity contribution in [3.05, 3.63) is 41.1 Å². The van der Waals surface area contributed by atoms with E-state index in [1.807, 2.05) is 0 Å². The molecule has 0 aliphatic carbocycles. The molecule has 0 bridgehead atoms. The summed E-state index contributed by atoms with van der Waals surface area (Å²) in [5.41, 5.74) is 3.29. The summed E-state index contributed by atoms with van der Waals surface area (Å²) >= 11 is -1.09. The van der Waals surface area contributed by atoms with Crippen LogP contribution in [0.1, 0.15) is 43.5 Å². The van der Waals surface area contributed by atoms with Gasteiger partial charge in [0, 0.05) is 19.5 Å². The number of ether oxygens (including phenoxy) is 1. The molecule has 166 valence electrons. The van der Waals surface area contributed by atoms with Crippen LogP contribution in [0, 0.1) is 5.92 Å². The molecule has 2 atom stereocenters. The molecule has 0 amide bonds. The van der Waals surface area contributed by atoms with Crippen molar-refractivity contribution in [1.82, 2.24) is 9.97 Å². The summed E-state index contributed by atoms with van der Waals surface area (Å²) in [4.78, 5) is 12.5. The van der Waals surface area contributed by atoms with Crippen LogP contribution in [0.5, 0.6) is 0 Å². The second kappa shape index (κ2) is 8.24. The van der Waals surface area contributed by atoms with Crippen molar-refractivity contribution < 1.29 is 14.4 Å². The number of piperidine rings is 1. The quantitative estimate of drug-likeness (QED) is 0.688. The zero-order valence-corrected chi connectivity index (χ0v) is 19.0. The van der Waals surface area contributed by atoms with E-state index in [4.69, 9.17) is 14.7 Å². The summed E-state index contributed by atoms with van der Waals surface area (Å²) in [6, 6.07) is 8.38. The molecule has 3 aliphatic heterocycles. The third-order valence-corrected chi connectivity index (χ3v) is 8.32. The lowest BCUT2D eigenvalue weighted by molar-refractivity contribution is -0.0552. The SMILES string of the molecule is CC(C)[C@H](CO)Nc1nc(N2CCC3(CC2)OCc2ccccc23)nc2c1[S+]([O-])CC2. The van der Waals surface area contributed by atoms with Gasteiger partial charge in [-0.05, 0) is 41.1 Å². The maximum Gasteiger partial charge on any atom is 0.227 e. The molecular formula is C23H30N4O3S. The number of hydrogen-bond donors (Lipinski definition) is 2. The average Bonchev–Trinajstić information content (AvgIpc) is 3.33. The summed E-state index contributed by atoms with van der Waals surface area (Å²) in [6.45, 7) is 6.41. The fraction of sp³-hybridized carbons (Fsp3) is 0.565. The molecular weight excluding hydrogens is 412 g/mol. The fourth-order valence-corrected chi connectivity index (χ4v) is 6.20. The minimum Gasteiger partial charge on any atom is -0.611 e. The van der Waals surface area contributed by atoms with Crippen LogP contribution in [0.2, 0.25) is 0 Å². The van der Waals surface area contributed by atoms with Crippen molar-refractivity contribution in [1.29, 1.82) is 0 Å². The lowest BCUT2D eigenvalue weighted by Gasteiger charge is -2.39. The Kier molecular flexibility index (Phi) is 5.58. The molecule has 1 aromatic heterocycles. The molecule has 2 N–H and O–H groups in total. The number of aryl methyl sites for hydroxylation is 1. The highest BCUT2D eigenvalue weighted by molar-refractivity contribution is 7.91. The third-order valence-electron chi connectivity index (χ3n) is 6.87. The van der Waals surface area contributed by atoms with E-state index in [1.165, 1.54) is 11.1 Å². The lowest BCUT2D eigenvalue weighted by atomic mass is 9.84. The first-order chi connectivity index (χ1) is 15.0. The van der Waals surface area contributed by atoms with E-state index < -0.39 is 11.2 Å². The summed E-state index contributed by atoms with van der Waals surface area (Å²) in [7, 11) is 0. The normalized spacial score (nSPS) is 22.6. The number of nitrogens with zero attached hydrogens (tertiary/aromatic N) is 3. The Bertz CT molecular complexity index is 962. The number of aliphatic hydroxyl groups is 1. The van der Waals surface area contributed by atoms with E-state index in [-0.39, 0.29) is 24.2 Å². The standard InChI is InChI=1S/C23H30N4O3S/c1-15(2)19(13-28)24-21-20-18(7-12-31(20)29)25-22(26-21)27-10-8-23(9-11-27)17-6-4-3-5-16(17)14-30-23/h3-6,15,19,28H,7-14H2,1-2H3,(H,24,25,26)/t19-,31?/m0/s1. The van der Waals surface area contributed by atoms with Gasteiger partial charge in [-0.3, -0.25) is 0 Å². The number of benzene rings is 1. The molecule has 1 fully saturated rings. The Morgan fingerprint density at radius 1 is 1.26 bits per heavy atom. The number of aliphatic hydroxyl groups excluding tert-OH is 1. The molecule has 7 nitrogen and oxygen atoms in total. The van der Waals surface area contributed by atoms with E-state index in [0.29, 0.717) is 35.4 Å². The zero-order valence-electron chi connectivity index (χ0n) is 18.1. The highest BCUT2D eigenvalue weighted by atomic mass is 32.2. The van der Waals surface area contributed by atoms with Crippen LogP contribution < -0.4 is 10.2 Å². The lowest BCUT2D eigenvalue weighted by Crippen LogP contribution is -2.43. The molecule has 1 aromatic carbocycles. The van der Waals surface area contributed by atoms with E-state index in [2.05, 4.69) is 48.3 Å². The number of fused-ring (bicyclic) bond motifs is 3. The summed E-state index contributed by atoms with van der Waals surface area (Å²) in [5, 5.41) is 13.1. The van der Waals surface area contributed by atoms with Gasteiger partial charge in [-0.15, -0.1) is 0 Å². The molecule has 0 saturated carbocycles. The van der Waals surface area contributed by atoms with Gasteiger partial charge < -0.3 is 24.6 Å². The van der Waals surface area contributed by atoms with E-state index in [0.717, 1.165) is 31.6 Å². The minimum atomic E-state index is -1.09. The van der Waals surface area contributed by atoms with E-state index >= 15 is 0 Å². The van der Waals surface area contributed by atoms with Crippen LogP contribution in [-0.2, 0) is 34.5 Å². The second-order valence-corrected chi connectivity index (χ2v) is 10.6. The molecule has 1 saturated heterocycles. The maximum atomic E-state index is 12.6. The highest BCUT2D eigenvalue weighted by Gasteiger charge is 2.43. The van der Waals surface area contributed by atoms with Crippen LogP contribution in [-0.4, -0.2) is 51.1 Å². The van der Waals surface area contributed by atoms with Gasteiger partial charge in [-0.2, -0.15) is 4.98 Å². The predicted molar refractivity (Wildman–Crippen MR) is 121 cm³/mol. The van der Waals surface area contributed by atoms with Gasteiger partial charge in [0.2, 0.25) is 10.8 Å². The second-order valence-electron chi connectivity index (χ2n) is 9.05. The summed E-state index contributed by atoms with van der Waals surface area (Å²) < 4.78 is 18.9. The van der Waals surface area contributed by atoms with Gasteiger partial charge in [0.25, 0.3) is 0 Å². The molecule has 2 aromatic rings. The van der Waals surface area contributed by atoms with Crippen molar-refractivity contribution >= 4 is 22.9 Å². The topological polar surface area (TPSA) is 93.6 Å². The van der Waals surface area contributed by atoms with Crippen LogP contribution >= 0.6 is 0 Å². The fourth-order valence-electron chi connectivity index (χ4n) is 4.89. The van der Waals surface area contributed by atoms with Crippen molar-refractivity contribution in [2.45, 2.75) is 56.3 Å². The van der Waals surface area contributed by atoms with Gasteiger partial charge in [0.15, 0.2) is 5.82 Å². The van der Waals surface area contributed by atoms with Gasteiger partial charge in [-0.1, -0.05) is 38.1 Å². The molecule has 8 heteroatoms. The van der Waals surface area contributed by atoms with Crippen molar-refractivity contribution in [3.63, 3.8) is 0 Å². The van der Waals surface area contributed by atoms with Gasteiger partial charge >= 0.3 is 0 Å². The number of aromatic nitrogens is 2. The first-order valence-electron chi connectivity index (χ1n) is 11.1. The molecule has 4 heterocycles. The molecule has 3 aliphatic rings. The van der Waals surface area contributed by atoms with Gasteiger partial charge in [0.1, 0.15) is 11.4 Å². The first-order valence-corrected chi connectivity index (χ1v) is 12.5. The van der Waals surface area contributed by atoms with Crippen molar-refractivity contribution in [2.75, 3.05) is 35.7 Å². The zero-order chi connectivity index (χ0) is 21.6. The molecule has 1 spiro atoms. The number of hydrogen-bond acceptors (Lipinski definition) is 7. The predicted octanol–water partition coefficient (Wildman–Crippen LogP) is 2.60. The minimum absolute atomic E-state index is 0.00138. The largest absolute Gasteiger partial charge is 0.611 e. The Hall–Kier alpha value is -1.87. The molecule has 1 unspecified atom stereocenters. The summed E-state index contributed by atoms with van der Waals surface area (Å²) in [5.74, 6) is 2.11. The molecule has 31 heavy (non-hydrogen) atoms. The average molecular weight is 443 g/mol. The van der Waals surface area contributed by atoms with Crippen LogP contribution in [0.4, 0.5) is 11.8 Å². The number of nitrogens with one attached hydrogen (secondary N) is 1. The van der Waals surface area contributed by atoms with Crippen LogP contribution in [0.15, 0.2) is 29.2 Å². The van der Waals surface area contributed by atoms with E-state index in [9.17, 15) is 9.66 Å². The molecule has 5 rings (SSSR count). The maximum absolute atomic E-state index is 12.6. The van der Waals surface area contributed by atoms with Gasteiger partial charge in [-0.25, -0.2) is 4.98 Å². The van der Waals surface area contributed by atoms with Crippen LogP contribution in [0.3, 0.4) is 0 Å². The smallest absolute Gasteiger partial charge is 0.227 e. The Morgan fingerprint density at radius 2 is 2.03 bits per heavy atom. The van der Waals surface area contributed by atoms with Crippen LogP contribution in [0.25, 0.3) is 0 Å².